The molecular weight excluding hydrogens is 260 g/mol. The van der Waals surface area contributed by atoms with Crippen LogP contribution in [-0.4, -0.2) is 29.5 Å². The van der Waals surface area contributed by atoms with Crippen LogP contribution >= 0.6 is 11.8 Å². The van der Waals surface area contributed by atoms with Crippen LogP contribution in [0.25, 0.3) is 0 Å². The van der Waals surface area contributed by atoms with E-state index in [4.69, 9.17) is 0 Å². The van der Waals surface area contributed by atoms with Gasteiger partial charge in [0.25, 0.3) is 0 Å². The molecule has 0 fully saturated rings. The second kappa shape index (κ2) is 7.40. The van der Waals surface area contributed by atoms with Gasteiger partial charge in [-0.15, -0.1) is 11.8 Å². The van der Waals surface area contributed by atoms with E-state index in [1.165, 1.54) is 0 Å². The maximum atomic E-state index is 11.9. The van der Waals surface area contributed by atoms with Crippen LogP contribution in [-0.2, 0) is 0 Å². The van der Waals surface area contributed by atoms with E-state index in [0.29, 0.717) is 0 Å². The average Bonchev–Trinajstić information content (AvgIpc) is 2.39. The van der Waals surface area contributed by atoms with Crippen LogP contribution in [0.4, 0.5) is 10.5 Å². The van der Waals surface area contributed by atoms with Gasteiger partial charge < -0.3 is 15.7 Å². The summed E-state index contributed by atoms with van der Waals surface area (Å²) >= 11 is 1.62. The number of urea groups is 1. The molecule has 0 bridgehead atoms. The molecule has 1 atom stereocenters. The lowest BCUT2D eigenvalue weighted by atomic mass is 9.98. The number of anilines is 1. The van der Waals surface area contributed by atoms with Crippen molar-refractivity contribution in [2.45, 2.75) is 37.1 Å². The maximum Gasteiger partial charge on any atom is 0.319 e. The van der Waals surface area contributed by atoms with Gasteiger partial charge in [-0.25, -0.2) is 4.79 Å². The minimum Gasteiger partial charge on any atom is -0.394 e. The highest BCUT2D eigenvalue weighted by Gasteiger charge is 2.24. The fourth-order valence-corrected chi connectivity index (χ4v) is 2.33. The summed E-state index contributed by atoms with van der Waals surface area (Å²) in [7, 11) is 0. The van der Waals surface area contributed by atoms with Gasteiger partial charge in [-0.05, 0) is 37.8 Å². The minimum absolute atomic E-state index is 0.0703. The van der Waals surface area contributed by atoms with Gasteiger partial charge in [0.15, 0.2) is 0 Å². The number of carbonyl (C=O) groups is 1. The highest BCUT2D eigenvalue weighted by atomic mass is 32.2. The van der Waals surface area contributed by atoms with Crippen molar-refractivity contribution in [3.8, 4) is 0 Å². The van der Waals surface area contributed by atoms with Crippen LogP contribution in [0.3, 0.4) is 0 Å². The van der Waals surface area contributed by atoms with E-state index in [0.717, 1.165) is 23.4 Å². The summed E-state index contributed by atoms with van der Waals surface area (Å²) in [5.74, 6) is 0. The Morgan fingerprint density at radius 1 is 1.47 bits per heavy atom. The molecule has 19 heavy (non-hydrogen) atoms. The first kappa shape index (κ1) is 15.9. The zero-order valence-corrected chi connectivity index (χ0v) is 12.5. The van der Waals surface area contributed by atoms with Crippen molar-refractivity contribution >= 4 is 23.5 Å². The second-order valence-electron chi connectivity index (χ2n) is 4.78. The number of nitrogens with one attached hydrogen (secondary N) is 2. The molecule has 1 rings (SSSR count). The van der Waals surface area contributed by atoms with Crippen molar-refractivity contribution in [1.82, 2.24) is 5.32 Å². The number of carbonyl (C=O) groups excluding carboxylic acids is 1. The van der Waals surface area contributed by atoms with Crippen molar-refractivity contribution in [2.24, 2.45) is 0 Å². The predicted octanol–water partition coefficient (Wildman–Crippen LogP) is 3.08. The summed E-state index contributed by atoms with van der Waals surface area (Å²) in [6.07, 6.45) is 3.63. The molecule has 2 amide bonds. The van der Waals surface area contributed by atoms with Crippen molar-refractivity contribution in [3.63, 3.8) is 0 Å². The molecule has 1 aromatic rings. The fourth-order valence-electron chi connectivity index (χ4n) is 1.87. The molecule has 0 saturated heterocycles. The quantitative estimate of drug-likeness (QED) is 0.703. The molecule has 5 heteroatoms. The number of thioether (sulfide) groups is 1. The molecule has 0 aliphatic carbocycles. The smallest absolute Gasteiger partial charge is 0.319 e. The lowest BCUT2D eigenvalue weighted by Gasteiger charge is -2.28. The van der Waals surface area contributed by atoms with Crippen molar-refractivity contribution in [1.29, 1.82) is 0 Å². The standard InChI is InChI=1S/C14H22N2O2S/c1-4-8-14(2,10-17)16-13(18)15-11-6-5-7-12(9-11)19-3/h5-7,9,17H,4,8,10H2,1-3H3,(H2,15,16,18). The Morgan fingerprint density at radius 2 is 2.21 bits per heavy atom. The van der Waals surface area contributed by atoms with Crippen LogP contribution < -0.4 is 10.6 Å². The Bertz CT molecular complexity index is 426. The summed E-state index contributed by atoms with van der Waals surface area (Å²) in [5.41, 5.74) is 0.178. The van der Waals surface area contributed by atoms with Crippen LogP contribution in [0.15, 0.2) is 29.2 Å². The van der Waals surface area contributed by atoms with Gasteiger partial charge in [0, 0.05) is 10.6 Å². The van der Waals surface area contributed by atoms with E-state index < -0.39 is 5.54 Å². The lowest BCUT2D eigenvalue weighted by Crippen LogP contribution is -2.50. The molecule has 0 spiro atoms. The molecule has 1 unspecified atom stereocenters. The molecule has 0 saturated carbocycles. The summed E-state index contributed by atoms with van der Waals surface area (Å²) in [4.78, 5) is 13.0. The number of hydrogen-bond acceptors (Lipinski definition) is 3. The van der Waals surface area contributed by atoms with Crippen LogP contribution in [0.1, 0.15) is 26.7 Å². The van der Waals surface area contributed by atoms with Crippen LogP contribution in [0, 0.1) is 0 Å². The van der Waals surface area contributed by atoms with Crippen molar-refractivity contribution < 1.29 is 9.90 Å². The molecule has 0 aliphatic heterocycles. The average molecular weight is 282 g/mol. The third kappa shape index (κ3) is 5.12. The van der Waals surface area contributed by atoms with Gasteiger partial charge in [-0.2, -0.15) is 0 Å². The topological polar surface area (TPSA) is 61.4 Å². The van der Waals surface area contributed by atoms with Gasteiger partial charge in [-0.3, -0.25) is 0 Å². The zero-order valence-electron chi connectivity index (χ0n) is 11.7. The van der Waals surface area contributed by atoms with E-state index in [2.05, 4.69) is 10.6 Å². The molecule has 4 nitrogen and oxygen atoms in total. The predicted molar refractivity (Wildman–Crippen MR) is 80.8 cm³/mol. The molecule has 0 aliphatic rings. The highest BCUT2D eigenvalue weighted by molar-refractivity contribution is 7.98. The Hall–Kier alpha value is -1.20. The third-order valence-corrected chi connectivity index (χ3v) is 3.62. The first-order valence-corrected chi connectivity index (χ1v) is 7.59. The summed E-state index contributed by atoms with van der Waals surface area (Å²) < 4.78 is 0. The number of aliphatic hydroxyl groups excluding tert-OH is 1. The molecular formula is C14H22N2O2S. The minimum atomic E-state index is -0.573. The monoisotopic (exact) mass is 282 g/mol. The fraction of sp³-hybridized carbons (Fsp3) is 0.500. The lowest BCUT2D eigenvalue weighted by molar-refractivity contribution is 0.167. The summed E-state index contributed by atoms with van der Waals surface area (Å²) in [5, 5.41) is 15.0. The number of hydrogen-bond donors (Lipinski definition) is 3. The Morgan fingerprint density at radius 3 is 2.79 bits per heavy atom. The molecule has 1 aromatic carbocycles. The number of amides is 2. The number of aliphatic hydroxyl groups is 1. The number of rotatable bonds is 6. The SMILES string of the molecule is CCCC(C)(CO)NC(=O)Nc1cccc(SC)c1. The van der Waals surface area contributed by atoms with E-state index in [1.54, 1.807) is 11.8 Å². The summed E-state index contributed by atoms with van der Waals surface area (Å²) in [6, 6.07) is 7.36. The van der Waals surface area contributed by atoms with E-state index >= 15 is 0 Å². The van der Waals surface area contributed by atoms with Crippen LogP contribution in [0.5, 0.6) is 0 Å². The number of benzene rings is 1. The first-order valence-electron chi connectivity index (χ1n) is 6.37. The molecule has 0 heterocycles. The van der Waals surface area contributed by atoms with Gasteiger partial charge >= 0.3 is 6.03 Å². The molecule has 106 valence electrons. The Kier molecular flexibility index (Phi) is 6.18. The highest BCUT2D eigenvalue weighted by Crippen LogP contribution is 2.19. The maximum absolute atomic E-state index is 11.9. The first-order chi connectivity index (χ1) is 9.03. The molecule has 3 N–H and O–H groups in total. The Labute approximate surface area is 119 Å². The van der Waals surface area contributed by atoms with Gasteiger partial charge in [-0.1, -0.05) is 19.4 Å². The molecule has 0 aromatic heterocycles. The van der Waals surface area contributed by atoms with Gasteiger partial charge in [0.2, 0.25) is 0 Å². The van der Waals surface area contributed by atoms with E-state index in [9.17, 15) is 9.90 Å². The van der Waals surface area contributed by atoms with Gasteiger partial charge in [0.05, 0.1) is 12.1 Å². The second-order valence-corrected chi connectivity index (χ2v) is 5.66. The normalized spacial score (nSPS) is 13.7. The van der Waals surface area contributed by atoms with E-state index in [1.807, 2.05) is 44.4 Å². The summed E-state index contributed by atoms with van der Waals surface area (Å²) in [6.45, 7) is 3.79. The van der Waals surface area contributed by atoms with E-state index in [-0.39, 0.29) is 12.6 Å². The molecule has 0 radical (unpaired) electrons. The largest absolute Gasteiger partial charge is 0.394 e. The van der Waals surface area contributed by atoms with Crippen LogP contribution in [0.2, 0.25) is 0 Å². The third-order valence-electron chi connectivity index (χ3n) is 2.89. The zero-order chi connectivity index (χ0) is 14.3. The Balaban J connectivity index is 2.63. The van der Waals surface area contributed by atoms with Crippen molar-refractivity contribution in [3.05, 3.63) is 24.3 Å². The van der Waals surface area contributed by atoms with Gasteiger partial charge in [0.1, 0.15) is 0 Å². The van der Waals surface area contributed by atoms with Crippen molar-refractivity contribution in [2.75, 3.05) is 18.2 Å².